The topological polar surface area (TPSA) is 68.0 Å². The van der Waals surface area contributed by atoms with Gasteiger partial charge in [0.1, 0.15) is 0 Å². The van der Waals surface area contributed by atoms with E-state index in [-0.39, 0.29) is 17.7 Å². The van der Waals surface area contributed by atoms with Crippen molar-refractivity contribution >= 4 is 33.6 Å². The van der Waals surface area contributed by atoms with Crippen LogP contribution in [0.4, 0.5) is 0 Å². The lowest BCUT2D eigenvalue weighted by atomic mass is 10.2. The number of carbonyl (C=O) groups is 1. The molecule has 5 nitrogen and oxygen atoms in total. The Kier molecular flexibility index (Phi) is 6.45. The highest BCUT2D eigenvalue weighted by atomic mass is 79.9. The van der Waals surface area contributed by atoms with E-state index in [1.165, 1.54) is 11.8 Å². The van der Waals surface area contributed by atoms with E-state index in [9.17, 15) is 4.79 Å². The molecule has 0 spiro atoms. The van der Waals surface area contributed by atoms with Crippen molar-refractivity contribution in [3.8, 4) is 11.5 Å². The van der Waals surface area contributed by atoms with E-state index in [4.69, 9.17) is 4.42 Å². The maximum atomic E-state index is 11.8. The van der Waals surface area contributed by atoms with Crippen LogP contribution < -0.4 is 5.32 Å². The summed E-state index contributed by atoms with van der Waals surface area (Å²) in [5.74, 6) is 0.718. The molecule has 0 aliphatic rings. The van der Waals surface area contributed by atoms with Crippen LogP contribution in [0.25, 0.3) is 11.5 Å². The normalized spacial score (nSPS) is 10.9. The van der Waals surface area contributed by atoms with Crippen molar-refractivity contribution in [1.82, 2.24) is 15.5 Å². The van der Waals surface area contributed by atoms with Crippen molar-refractivity contribution in [2.24, 2.45) is 0 Å². The summed E-state index contributed by atoms with van der Waals surface area (Å²) in [6.45, 7) is 4.12. The Balaban J connectivity index is 1.89. The van der Waals surface area contributed by atoms with Gasteiger partial charge in [-0.15, -0.1) is 10.2 Å². The zero-order valence-corrected chi connectivity index (χ0v) is 14.9. The molecule has 0 fully saturated rings. The number of hydrogen-bond donors (Lipinski definition) is 1. The molecule has 0 aliphatic heterocycles. The lowest BCUT2D eigenvalue weighted by Gasteiger charge is -2.13. The van der Waals surface area contributed by atoms with Gasteiger partial charge in [0.2, 0.25) is 11.8 Å². The number of aromatic nitrogens is 2. The first-order valence-corrected chi connectivity index (χ1v) is 8.91. The van der Waals surface area contributed by atoms with E-state index in [2.05, 4.69) is 45.3 Å². The van der Waals surface area contributed by atoms with Gasteiger partial charge in [-0.25, -0.2) is 0 Å². The minimum atomic E-state index is -0.0120. The summed E-state index contributed by atoms with van der Waals surface area (Å²) in [6.07, 6.45) is 1.86. The predicted molar refractivity (Wildman–Crippen MR) is 90.7 cm³/mol. The van der Waals surface area contributed by atoms with Crippen LogP contribution in [0.1, 0.15) is 26.7 Å². The molecule has 2 aromatic rings. The molecular formula is C15H18BrN3O2S. The molecule has 1 N–H and O–H groups in total. The van der Waals surface area contributed by atoms with Gasteiger partial charge < -0.3 is 9.73 Å². The second-order valence-electron chi connectivity index (χ2n) is 4.75. The first-order chi connectivity index (χ1) is 10.6. The average Bonchev–Trinajstić information content (AvgIpc) is 3.00. The first kappa shape index (κ1) is 17.0. The van der Waals surface area contributed by atoms with Gasteiger partial charge >= 0.3 is 0 Å². The fourth-order valence-corrected chi connectivity index (χ4v) is 2.71. The summed E-state index contributed by atoms with van der Waals surface area (Å²) in [5, 5.41) is 11.3. The SMILES string of the molecule is CCC(CC)NC(=O)CSc1nnc(-c2ccc(Br)cc2)o1. The molecule has 0 bridgehead atoms. The number of benzene rings is 1. The number of nitrogens with one attached hydrogen (secondary N) is 1. The highest BCUT2D eigenvalue weighted by Gasteiger charge is 2.13. The summed E-state index contributed by atoms with van der Waals surface area (Å²) in [5.41, 5.74) is 0.851. The van der Waals surface area contributed by atoms with E-state index in [0.717, 1.165) is 22.9 Å². The highest BCUT2D eigenvalue weighted by Crippen LogP contribution is 2.24. The molecular weight excluding hydrogens is 366 g/mol. The van der Waals surface area contributed by atoms with Gasteiger partial charge in [0, 0.05) is 16.1 Å². The van der Waals surface area contributed by atoms with Crippen molar-refractivity contribution in [2.45, 2.75) is 38.0 Å². The van der Waals surface area contributed by atoms with Gasteiger partial charge in [-0.3, -0.25) is 4.79 Å². The second-order valence-corrected chi connectivity index (χ2v) is 6.59. The molecule has 0 radical (unpaired) electrons. The van der Waals surface area contributed by atoms with Crippen LogP contribution >= 0.6 is 27.7 Å². The Morgan fingerprint density at radius 2 is 1.95 bits per heavy atom. The summed E-state index contributed by atoms with van der Waals surface area (Å²) < 4.78 is 6.55. The number of amides is 1. The molecule has 1 aromatic carbocycles. The number of rotatable bonds is 7. The monoisotopic (exact) mass is 383 g/mol. The van der Waals surface area contributed by atoms with Gasteiger partial charge in [-0.2, -0.15) is 0 Å². The molecule has 0 unspecified atom stereocenters. The Hall–Kier alpha value is -1.34. The fourth-order valence-electron chi connectivity index (χ4n) is 1.87. The number of halogens is 1. The summed E-state index contributed by atoms with van der Waals surface area (Å²) in [6, 6.07) is 7.84. The van der Waals surface area contributed by atoms with Crippen LogP contribution in [0.2, 0.25) is 0 Å². The Bertz CT molecular complexity index is 612. The zero-order valence-electron chi connectivity index (χ0n) is 12.5. The molecule has 22 heavy (non-hydrogen) atoms. The standard InChI is InChI=1S/C15H18BrN3O2S/c1-3-12(4-2)17-13(20)9-22-15-19-18-14(21-15)10-5-7-11(16)8-6-10/h5-8,12H,3-4,9H2,1-2H3,(H,17,20). The van der Waals surface area contributed by atoms with Crippen molar-refractivity contribution in [2.75, 3.05) is 5.75 Å². The molecule has 1 aromatic heterocycles. The first-order valence-electron chi connectivity index (χ1n) is 7.14. The van der Waals surface area contributed by atoms with E-state index in [0.29, 0.717) is 11.1 Å². The smallest absolute Gasteiger partial charge is 0.277 e. The molecule has 0 atom stereocenters. The second kappa shape index (κ2) is 8.33. The van der Waals surface area contributed by atoms with Crippen LogP contribution in [-0.2, 0) is 4.79 Å². The summed E-state index contributed by atoms with van der Waals surface area (Å²) in [7, 11) is 0. The fraction of sp³-hybridized carbons (Fsp3) is 0.400. The molecule has 1 amide bonds. The molecule has 0 saturated carbocycles. The summed E-state index contributed by atoms with van der Waals surface area (Å²) >= 11 is 4.63. The Morgan fingerprint density at radius 1 is 1.27 bits per heavy atom. The van der Waals surface area contributed by atoms with Gasteiger partial charge in [0.05, 0.1) is 5.75 Å². The van der Waals surface area contributed by atoms with Crippen molar-refractivity contribution < 1.29 is 9.21 Å². The van der Waals surface area contributed by atoms with Crippen LogP contribution in [-0.4, -0.2) is 27.9 Å². The van der Waals surface area contributed by atoms with E-state index < -0.39 is 0 Å². The van der Waals surface area contributed by atoms with Gasteiger partial charge in [-0.05, 0) is 37.1 Å². The maximum Gasteiger partial charge on any atom is 0.277 e. The van der Waals surface area contributed by atoms with Crippen LogP contribution in [0.15, 0.2) is 38.4 Å². The van der Waals surface area contributed by atoms with Crippen molar-refractivity contribution in [1.29, 1.82) is 0 Å². The summed E-state index contributed by atoms with van der Waals surface area (Å²) in [4.78, 5) is 11.8. The third kappa shape index (κ3) is 4.84. The largest absolute Gasteiger partial charge is 0.411 e. The molecule has 0 saturated heterocycles. The van der Waals surface area contributed by atoms with E-state index in [1.807, 2.05) is 24.3 Å². The third-order valence-corrected chi connectivity index (χ3v) is 4.52. The number of nitrogens with zero attached hydrogens (tertiary/aromatic N) is 2. The number of hydrogen-bond acceptors (Lipinski definition) is 5. The molecule has 0 aliphatic carbocycles. The minimum absolute atomic E-state index is 0.0120. The quantitative estimate of drug-likeness (QED) is 0.734. The minimum Gasteiger partial charge on any atom is -0.411 e. The van der Waals surface area contributed by atoms with Crippen molar-refractivity contribution in [3.05, 3.63) is 28.7 Å². The Labute approximate surface area is 142 Å². The zero-order chi connectivity index (χ0) is 15.9. The van der Waals surface area contributed by atoms with Crippen LogP contribution in [0.5, 0.6) is 0 Å². The van der Waals surface area contributed by atoms with Crippen molar-refractivity contribution in [3.63, 3.8) is 0 Å². The van der Waals surface area contributed by atoms with E-state index >= 15 is 0 Å². The highest BCUT2D eigenvalue weighted by molar-refractivity contribution is 9.10. The molecule has 7 heteroatoms. The van der Waals surface area contributed by atoms with Gasteiger partial charge in [0.25, 0.3) is 5.22 Å². The maximum absolute atomic E-state index is 11.8. The lowest BCUT2D eigenvalue weighted by Crippen LogP contribution is -2.34. The third-order valence-electron chi connectivity index (χ3n) is 3.18. The van der Waals surface area contributed by atoms with E-state index in [1.54, 1.807) is 0 Å². The Morgan fingerprint density at radius 3 is 2.59 bits per heavy atom. The molecule has 118 valence electrons. The lowest BCUT2D eigenvalue weighted by molar-refractivity contribution is -0.119. The van der Waals surface area contributed by atoms with Gasteiger partial charge in [0.15, 0.2) is 0 Å². The van der Waals surface area contributed by atoms with Crippen LogP contribution in [0.3, 0.4) is 0 Å². The average molecular weight is 384 g/mol. The van der Waals surface area contributed by atoms with Gasteiger partial charge in [-0.1, -0.05) is 41.5 Å². The van der Waals surface area contributed by atoms with Crippen LogP contribution in [0, 0.1) is 0 Å². The molecule has 1 heterocycles. The number of carbonyl (C=O) groups excluding carboxylic acids is 1. The molecule has 2 rings (SSSR count). The predicted octanol–water partition coefficient (Wildman–Crippen LogP) is 3.90. The number of thioether (sulfide) groups is 1.